The number of ketones is 2. The average molecular weight is 932 g/mol. The second-order valence-electron chi connectivity index (χ2n) is 11.6. The zero-order chi connectivity index (χ0) is 44.7. The Hall–Kier alpha value is -2.64. The molecule has 0 amide bonds. The van der Waals surface area contributed by atoms with Gasteiger partial charge in [0.25, 0.3) is 0 Å². The number of Topliss-reactive ketones (excluding diaryl/α,β-unsaturated/α-hetero) is 2. The zero-order valence-electron chi connectivity index (χ0n) is 38.6. The van der Waals surface area contributed by atoms with E-state index in [1.54, 1.807) is 41.5 Å². The number of rotatable bonds is 6. The van der Waals surface area contributed by atoms with Crippen molar-refractivity contribution < 1.29 is 191 Å². The second kappa shape index (κ2) is 48.8. The molecule has 0 aromatic heterocycles. The normalized spacial score (nSPS) is 19.0. The molecule has 4 aliphatic heterocycles. The van der Waals surface area contributed by atoms with E-state index in [1.165, 1.54) is 13.8 Å². The van der Waals surface area contributed by atoms with E-state index in [0.29, 0.717) is 42.4 Å². The van der Waals surface area contributed by atoms with Crippen molar-refractivity contribution in [3.05, 3.63) is 35.5 Å². The van der Waals surface area contributed by atoms with Gasteiger partial charge in [-0.25, -0.2) is 14.4 Å². The number of allylic oxidation sites excluding steroid dienone is 2. The molecule has 4 atom stereocenters. The number of carbonyl (C=O) groups excluding carboxylic acids is 10. The molecular weight excluding hydrogens is 873 g/mol. The van der Waals surface area contributed by atoms with E-state index in [2.05, 4.69) is 32.9 Å². The van der Waals surface area contributed by atoms with Gasteiger partial charge in [0.15, 0.2) is 17.9 Å². The number of hydrogen-bond acceptors (Lipinski definition) is 21. The van der Waals surface area contributed by atoms with E-state index in [9.17, 15) is 47.9 Å². The summed E-state index contributed by atoms with van der Waals surface area (Å²) in [5.41, 5.74) is 1.33. The Morgan fingerprint density at radius 3 is 1.10 bits per heavy atom. The molecule has 4 aliphatic rings. The molecule has 0 aliphatic carbocycles. The predicted molar refractivity (Wildman–Crippen MR) is 203 cm³/mol. The van der Waals surface area contributed by atoms with Crippen LogP contribution in [0.5, 0.6) is 0 Å². The van der Waals surface area contributed by atoms with Crippen LogP contribution in [-0.4, -0.2) is 132 Å². The number of aliphatic hydroxyl groups is 1. The van der Waals surface area contributed by atoms with Crippen LogP contribution in [0.2, 0.25) is 0 Å². The molecule has 0 spiro atoms. The number of carbonyl (C=O) groups is 9. The van der Waals surface area contributed by atoms with Crippen molar-refractivity contribution in [2.45, 2.75) is 126 Å². The molecule has 4 unspecified atom stereocenters. The molecule has 4 rings (SSSR count). The van der Waals surface area contributed by atoms with E-state index >= 15 is 0 Å². The largest absolute Gasteiger partial charge is 1.00 e. The van der Waals surface area contributed by atoms with Crippen LogP contribution in [0.25, 0.3) is 0 Å². The Kier molecular flexibility index (Phi) is 62.5. The van der Waals surface area contributed by atoms with Gasteiger partial charge in [0.2, 0.25) is 0 Å². The number of aliphatic hydroxyl groups excluding tert-OH is 1. The molecule has 21 nitrogen and oxygen atoms in total. The summed E-state index contributed by atoms with van der Waals surface area (Å²) in [6.45, 7) is 21.0. The smallest absolute Gasteiger partial charge is 0.870 e. The molecule has 0 aromatic carbocycles. The second-order valence-corrected chi connectivity index (χ2v) is 11.6. The minimum Gasteiger partial charge on any atom is -0.870 e. The van der Waals surface area contributed by atoms with Crippen molar-refractivity contribution in [2.24, 2.45) is 0 Å². The average Bonchev–Trinajstić information content (AvgIpc) is 3.83. The Balaban J connectivity index is -0.0000000774. The van der Waals surface area contributed by atoms with Crippen molar-refractivity contribution in [1.82, 2.24) is 0 Å². The maximum atomic E-state index is 10.8. The third kappa shape index (κ3) is 45.7. The predicted octanol–water partition coefficient (Wildman–Crippen LogP) is -6.88. The van der Waals surface area contributed by atoms with E-state index in [4.69, 9.17) is 24.1 Å². The fourth-order valence-corrected chi connectivity index (χ4v) is 3.90. The molecule has 346 valence electrons. The molecule has 0 aromatic rings. The van der Waals surface area contributed by atoms with Crippen LogP contribution >= 0.6 is 0 Å². The zero-order valence-corrected chi connectivity index (χ0v) is 44.6. The monoisotopic (exact) mass is 931 g/mol. The van der Waals surface area contributed by atoms with E-state index in [1.807, 2.05) is 13.8 Å². The van der Waals surface area contributed by atoms with Crippen molar-refractivity contribution in [1.29, 1.82) is 0 Å². The molecule has 0 radical (unpaired) electrons. The van der Waals surface area contributed by atoms with Gasteiger partial charge in [0.1, 0.15) is 6.10 Å². The summed E-state index contributed by atoms with van der Waals surface area (Å²) in [6.07, 6.45) is 9.12. The molecule has 63 heavy (non-hydrogen) atoms. The van der Waals surface area contributed by atoms with Crippen LogP contribution in [0.1, 0.15) is 101 Å². The Labute approximate surface area is 434 Å². The van der Waals surface area contributed by atoms with Crippen molar-refractivity contribution in [3.63, 3.8) is 0 Å². The molecule has 4 N–H and O–H groups in total. The van der Waals surface area contributed by atoms with Gasteiger partial charge in [-0.2, -0.15) is 18.4 Å². The van der Waals surface area contributed by atoms with E-state index in [-0.39, 0.29) is 179 Å². The van der Waals surface area contributed by atoms with E-state index < -0.39 is 29.8 Å². The van der Waals surface area contributed by atoms with E-state index in [0.717, 1.165) is 12.7 Å². The number of cyclic esters (lactones) is 4. The fourth-order valence-electron chi connectivity index (χ4n) is 3.90. The number of esters is 7. The molecule has 4 saturated heterocycles. The van der Waals surface area contributed by atoms with Gasteiger partial charge in [-0.1, -0.05) is 6.58 Å². The quantitative estimate of drug-likeness (QED) is 0.0646. The van der Waals surface area contributed by atoms with Crippen LogP contribution < -0.4 is 88.7 Å². The standard InChI is InChI=1S/2C8H9O3.C6H10O4.C6H8O2.C5H8O2.C4H5O3.C2H6O.3Na.3H2O/c2*1-5(9)3-7-4-6(2)11-8(7)10;1-3-9-5(7)6(8)10-4-2;1-4-3-5(2)8-6(4)7;1-4-2-3-5(6)7-4;1-2-7-4(6)3-5;1-2-3;;;;;;/h2*6H,4H2,1-2H3;3-4H2,1-2H3;5H,1,3H2,2H3;4H,2-3H2,1H3;2H2,1H3;3H,2H2,1H3;;;;3*1H2/q2*-1;;;;-1;;3*+1;;;/p-3. The molecular formula is C39H58Na3O21-3. The fraction of sp³-hybridized carbons (Fsp3) is 0.590. The summed E-state index contributed by atoms with van der Waals surface area (Å²) in [4.78, 5) is 103. The van der Waals surface area contributed by atoms with Crippen molar-refractivity contribution in [3.8, 4) is 0 Å². The van der Waals surface area contributed by atoms with Gasteiger partial charge in [0, 0.05) is 25.0 Å². The molecule has 4 heterocycles. The SMILES string of the molecule is C=C1CC(C)OC1=O.CC(=O)[C-]=C1CC(C)OC1=O.CC(=O)[C-]=C1CC(C)OC1=O.CC1CCC(=O)O1.CCO.CCOC(=O)C(=O)OCC.CCOC(=O)[C-]=O.[Na+].[Na+].[Na+].[OH-].[OH-].[OH-]. The number of hydrogen-bond donors (Lipinski definition) is 1. The summed E-state index contributed by atoms with van der Waals surface area (Å²) in [5.74, 6) is -4.35. The summed E-state index contributed by atoms with van der Waals surface area (Å²) >= 11 is 0. The number of ether oxygens (including phenoxy) is 7. The summed E-state index contributed by atoms with van der Waals surface area (Å²) < 4.78 is 31.8. The van der Waals surface area contributed by atoms with Crippen LogP contribution in [0, 0.1) is 12.2 Å². The van der Waals surface area contributed by atoms with Gasteiger partial charge in [-0.3, -0.25) is 9.59 Å². The molecule has 0 saturated carbocycles. The molecule has 0 bridgehead atoms. The van der Waals surface area contributed by atoms with Crippen molar-refractivity contribution >= 4 is 59.6 Å². The van der Waals surface area contributed by atoms with Gasteiger partial charge < -0.3 is 78.7 Å². The van der Waals surface area contributed by atoms with Crippen molar-refractivity contribution in [2.75, 3.05) is 26.4 Å². The Morgan fingerprint density at radius 1 is 0.619 bits per heavy atom. The topological polar surface area (TPSA) is 346 Å². The van der Waals surface area contributed by atoms with Gasteiger partial charge in [0.05, 0.1) is 49.7 Å². The molecule has 4 fully saturated rings. The van der Waals surface area contributed by atoms with Crippen LogP contribution in [-0.2, 0) is 81.1 Å². The first-order valence-corrected chi connectivity index (χ1v) is 17.9. The first kappa shape index (κ1) is 80.6. The Bertz CT molecular complexity index is 1380. The van der Waals surface area contributed by atoms with Gasteiger partial charge in [-0.15, -0.1) is 11.1 Å². The van der Waals surface area contributed by atoms with Crippen LogP contribution in [0.15, 0.2) is 23.3 Å². The summed E-state index contributed by atoms with van der Waals surface area (Å²) in [7, 11) is 0. The Morgan fingerprint density at radius 2 is 0.952 bits per heavy atom. The molecule has 24 heteroatoms. The van der Waals surface area contributed by atoms with Crippen LogP contribution in [0.3, 0.4) is 0 Å². The third-order valence-corrected chi connectivity index (χ3v) is 6.04. The van der Waals surface area contributed by atoms with Gasteiger partial charge >= 0.3 is 113 Å². The minimum absolute atomic E-state index is 0. The first-order chi connectivity index (χ1) is 26.6. The maximum absolute atomic E-state index is 10.8. The van der Waals surface area contributed by atoms with Gasteiger partial charge in [-0.05, 0) is 88.5 Å². The third-order valence-electron chi connectivity index (χ3n) is 6.04. The maximum Gasteiger partial charge on any atom is 1.00 e. The summed E-state index contributed by atoms with van der Waals surface area (Å²) in [6, 6.07) is 0. The first-order valence-electron chi connectivity index (χ1n) is 17.9. The van der Waals surface area contributed by atoms with Crippen LogP contribution in [0.4, 0.5) is 0 Å². The minimum atomic E-state index is -0.928. The summed E-state index contributed by atoms with van der Waals surface area (Å²) in [5, 5.41) is 7.57.